The van der Waals surface area contributed by atoms with Gasteiger partial charge in [-0.15, -0.1) is 0 Å². The maximum Gasteiger partial charge on any atom is 0.369 e. The first-order valence-corrected chi connectivity index (χ1v) is 6.03. The predicted molar refractivity (Wildman–Crippen MR) is 51.9 cm³/mol. The Balaban J connectivity index is 2.62. The van der Waals surface area contributed by atoms with Gasteiger partial charge >= 0.3 is 13.6 Å². The topological polar surface area (TPSA) is 131 Å². The van der Waals surface area contributed by atoms with Gasteiger partial charge in [-0.05, 0) is 18.9 Å². The Morgan fingerprint density at radius 3 is 2.60 bits per heavy atom. The minimum atomic E-state index is -4.50. The zero-order valence-corrected chi connectivity index (χ0v) is 8.78. The summed E-state index contributed by atoms with van der Waals surface area (Å²) < 4.78 is 10.7. The van der Waals surface area contributed by atoms with Crippen LogP contribution in [0.15, 0.2) is 0 Å². The summed E-state index contributed by atoms with van der Waals surface area (Å²) in [7, 11) is -4.50. The smallest absolute Gasteiger partial charge is 0.369 e. The Kier molecular flexibility index (Phi) is 3.62. The zero-order valence-electron chi connectivity index (χ0n) is 7.88. The average molecular weight is 236 g/mol. The lowest BCUT2D eigenvalue weighted by atomic mass is 9.97. The number of carboxylic acids is 1. The van der Waals surface area contributed by atoms with E-state index >= 15 is 0 Å². The largest absolute Gasteiger partial charge is 0.480 e. The van der Waals surface area contributed by atoms with Crippen LogP contribution in [0.25, 0.3) is 0 Å². The van der Waals surface area contributed by atoms with E-state index in [1.54, 1.807) is 0 Å². The summed E-state index contributed by atoms with van der Waals surface area (Å²) in [5, 5.41) is 18.6. The molecule has 1 saturated heterocycles. The van der Waals surface area contributed by atoms with Crippen molar-refractivity contribution in [3.8, 4) is 0 Å². The third-order valence-electron chi connectivity index (χ3n) is 2.42. The standard InChI is InChI=1S/C7H13N2O5P/c8-5(15(12,13)14)3-4-1-2-9-6(4)7(10)11/h4,6,8-9H,1-3H2,(H,10,11)(H2,12,13,14). The molecule has 0 aromatic heterocycles. The molecule has 0 bridgehead atoms. The summed E-state index contributed by atoms with van der Waals surface area (Å²) in [5.74, 6) is -1.46. The van der Waals surface area contributed by atoms with Gasteiger partial charge < -0.3 is 20.2 Å². The molecule has 2 unspecified atom stereocenters. The Labute approximate surface area is 86.2 Å². The van der Waals surface area contributed by atoms with Crippen LogP contribution in [-0.4, -0.2) is 38.9 Å². The molecular formula is C7H13N2O5P. The third-order valence-corrected chi connectivity index (χ3v) is 3.31. The second kappa shape index (κ2) is 4.40. The molecule has 0 radical (unpaired) electrons. The minimum Gasteiger partial charge on any atom is -0.480 e. The highest BCUT2D eigenvalue weighted by atomic mass is 31.2. The first-order valence-electron chi connectivity index (χ1n) is 4.42. The van der Waals surface area contributed by atoms with E-state index in [-0.39, 0.29) is 6.42 Å². The van der Waals surface area contributed by atoms with Crippen molar-refractivity contribution >= 4 is 19.0 Å². The Bertz CT molecular complexity index is 325. The van der Waals surface area contributed by atoms with E-state index in [2.05, 4.69) is 5.32 Å². The number of carbonyl (C=O) groups is 1. The van der Waals surface area contributed by atoms with Crippen molar-refractivity contribution < 1.29 is 24.3 Å². The maximum absolute atomic E-state index is 10.7. The van der Waals surface area contributed by atoms with Crippen LogP contribution in [0.1, 0.15) is 12.8 Å². The second-order valence-corrected chi connectivity index (χ2v) is 5.14. The molecule has 8 heteroatoms. The van der Waals surface area contributed by atoms with E-state index < -0.39 is 31.0 Å². The number of hydrogen-bond acceptors (Lipinski definition) is 4. The number of nitrogens with one attached hydrogen (secondary N) is 2. The highest BCUT2D eigenvalue weighted by Gasteiger charge is 2.35. The summed E-state index contributed by atoms with van der Waals surface area (Å²) in [6.45, 7) is 0.496. The normalized spacial score (nSPS) is 26.5. The fourth-order valence-corrected chi connectivity index (χ4v) is 2.11. The Hall–Kier alpha value is -0.750. The third kappa shape index (κ3) is 3.10. The van der Waals surface area contributed by atoms with Gasteiger partial charge in [0.1, 0.15) is 11.5 Å². The molecule has 5 N–H and O–H groups in total. The molecule has 0 aromatic carbocycles. The minimum absolute atomic E-state index is 0.172. The fraction of sp³-hybridized carbons (Fsp3) is 0.714. The Morgan fingerprint density at radius 2 is 2.13 bits per heavy atom. The van der Waals surface area contributed by atoms with Gasteiger partial charge in [-0.25, -0.2) is 0 Å². The number of aliphatic carboxylic acids is 1. The van der Waals surface area contributed by atoms with Crippen molar-refractivity contribution in [2.75, 3.05) is 6.54 Å². The van der Waals surface area contributed by atoms with Crippen LogP contribution in [0.2, 0.25) is 0 Å². The van der Waals surface area contributed by atoms with Crippen molar-refractivity contribution in [1.29, 1.82) is 5.41 Å². The molecular weight excluding hydrogens is 223 g/mol. The van der Waals surface area contributed by atoms with Crippen molar-refractivity contribution in [3.05, 3.63) is 0 Å². The molecule has 1 fully saturated rings. The lowest BCUT2D eigenvalue weighted by Crippen LogP contribution is -2.36. The molecule has 1 aliphatic rings. The van der Waals surface area contributed by atoms with E-state index in [0.29, 0.717) is 13.0 Å². The number of rotatable bonds is 4. The molecule has 1 aliphatic heterocycles. The van der Waals surface area contributed by atoms with Gasteiger partial charge in [-0.3, -0.25) is 14.8 Å². The van der Waals surface area contributed by atoms with Crippen LogP contribution in [0, 0.1) is 11.3 Å². The zero-order chi connectivity index (χ0) is 11.6. The van der Waals surface area contributed by atoms with Crippen molar-refractivity contribution in [2.24, 2.45) is 5.92 Å². The van der Waals surface area contributed by atoms with E-state index in [1.165, 1.54) is 0 Å². The van der Waals surface area contributed by atoms with Crippen LogP contribution in [0.5, 0.6) is 0 Å². The van der Waals surface area contributed by atoms with Gasteiger partial charge in [0.05, 0.1) is 0 Å². The molecule has 0 aliphatic carbocycles. The van der Waals surface area contributed by atoms with Crippen LogP contribution in [0.4, 0.5) is 0 Å². The molecule has 1 heterocycles. The van der Waals surface area contributed by atoms with Crippen LogP contribution < -0.4 is 5.32 Å². The molecule has 0 spiro atoms. The van der Waals surface area contributed by atoms with Gasteiger partial charge in [0.2, 0.25) is 0 Å². The van der Waals surface area contributed by atoms with Gasteiger partial charge in [0, 0.05) is 6.42 Å². The van der Waals surface area contributed by atoms with Crippen LogP contribution in [0.3, 0.4) is 0 Å². The molecule has 0 amide bonds. The van der Waals surface area contributed by atoms with Gasteiger partial charge in [0.25, 0.3) is 0 Å². The molecule has 7 nitrogen and oxygen atoms in total. The summed E-state index contributed by atoms with van der Waals surface area (Å²) in [6.07, 6.45) is 0.341. The van der Waals surface area contributed by atoms with Gasteiger partial charge in [-0.2, -0.15) is 0 Å². The summed E-state index contributed by atoms with van der Waals surface area (Å²) in [5.41, 5.74) is -0.692. The molecule has 0 saturated carbocycles. The molecule has 86 valence electrons. The molecule has 2 atom stereocenters. The van der Waals surface area contributed by atoms with Crippen LogP contribution in [-0.2, 0) is 9.36 Å². The molecule has 15 heavy (non-hydrogen) atoms. The quantitative estimate of drug-likeness (QED) is 0.333. The monoisotopic (exact) mass is 236 g/mol. The van der Waals surface area contributed by atoms with E-state index in [4.69, 9.17) is 20.3 Å². The first kappa shape index (κ1) is 12.3. The van der Waals surface area contributed by atoms with E-state index in [9.17, 15) is 9.36 Å². The highest BCUT2D eigenvalue weighted by Crippen LogP contribution is 2.39. The Morgan fingerprint density at radius 1 is 1.53 bits per heavy atom. The summed E-state index contributed by atoms with van der Waals surface area (Å²) in [4.78, 5) is 28.1. The predicted octanol–water partition coefficient (Wildman–Crippen LogP) is -0.406. The lowest BCUT2D eigenvalue weighted by molar-refractivity contribution is -0.140. The first-order chi connectivity index (χ1) is 6.82. The average Bonchev–Trinajstić information content (AvgIpc) is 2.50. The fourth-order valence-electron chi connectivity index (χ4n) is 1.63. The summed E-state index contributed by atoms with van der Waals surface area (Å²) >= 11 is 0. The summed E-state index contributed by atoms with van der Waals surface area (Å²) in [6, 6.07) is -0.808. The van der Waals surface area contributed by atoms with E-state index in [1.807, 2.05) is 0 Å². The van der Waals surface area contributed by atoms with Crippen molar-refractivity contribution in [2.45, 2.75) is 18.9 Å². The van der Waals surface area contributed by atoms with Gasteiger partial charge in [0.15, 0.2) is 0 Å². The second-order valence-electron chi connectivity index (χ2n) is 3.51. The SMILES string of the molecule is N=C(CC1CCNC1C(=O)O)P(=O)(O)O. The maximum atomic E-state index is 10.7. The lowest BCUT2D eigenvalue weighted by Gasteiger charge is -2.16. The molecule has 1 rings (SSSR count). The van der Waals surface area contributed by atoms with Crippen molar-refractivity contribution in [3.63, 3.8) is 0 Å². The van der Waals surface area contributed by atoms with Crippen LogP contribution >= 0.6 is 7.60 Å². The van der Waals surface area contributed by atoms with E-state index in [0.717, 1.165) is 0 Å². The highest BCUT2D eigenvalue weighted by molar-refractivity contribution is 7.70. The number of hydrogen-bond donors (Lipinski definition) is 5. The van der Waals surface area contributed by atoms with Gasteiger partial charge in [-0.1, -0.05) is 0 Å². The molecule has 0 aromatic rings. The van der Waals surface area contributed by atoms with Crippen molar-refractivity contribution in [1.82, 2.24) is 5.32 Å². The number of carboxylic acid groups (broad SMARTS) is 1.